The smallest absolute Gasteiger partial charge is 0.305 e. The van der Waals surface area contributed by atoms with Crippen LogP contribution in [-0.4, -0.2) is 106 Å². The highest BCUT2D eigenvalue weighted by molar-refractivity contribution is 6.18. The molecule has 0 aromatic rings. The number of allylic oxidation sites excluding steroid dienone is 8. The maximum Gasteiger partial charge on any atom is 0.305 e. The van der Waals surface area contributed by atoms with Crippen molar-refractivity contribution in [1.29, 1.82) is 0 Å². The number of carbonyl (C=O) groups excluding carboxylic acids is 2. The van der Waals surface area contributed by atoms with Gasteiger partial charge in [-0.25, -0.2) is 0 Å². The summed E-state index contributed by atoms with van der Waals surface area (Å²) in [5.74, 6) is 0.657. The molecule has 0 rings (SSSR count). The van der Waals surface area contributed by atoms with E-state index in [4.69, 9.17) is 21.1 Å². The summed E-state index contributed by atoms with van der Waals surface area (Å²) in [6, 6.07) is 0. The standard InChI is InChI=1S/C66H124ClN3O4/c1-5-7-9-11-13-15-17-19-21-23-25-27-29-35-41-47-57-69(61-55-67)58-48-42-38-33-34-40-46-53-65(71)73-63-51-45-39-32-31-37-44-50-60-70(62-64-74-66(72)54-52-56-68(3)4)59-49-43-36-30-28-26-24-22-20-18-16-14-12-10-8-6-2/h13-16,19-22H,5-12,17-18,23-64H2,1-4H3/b15-13-,16-14-,21-19-,22-20-. The van der Waals surface area contributed by atoms with Crippen molar-refractivity contribution in [2.24, 2.45) is 0 Å². The van der Waals surface area contributed by atoms with Crippen LogP contribution < -0.4 is 0 Å². The van der Waals surface area contributed by atoms with E-state index in [0.717, 1.165) is 83.5 Å². The zero-order chi connectivity index (χ0) is 53.7. The van der Waals surface area contributed by atoms with Gasteiger partial charge < -0.3 is 19.3 Å². The number of carbonyl (C=O) groups is 2. The minimum atomic E-state index is -0.0594. The number of rotatable bonds is 60. The summed E-state index contributed by atoms with van der Waals surface area (Å²) in [7, 11) is 4.09. The van der Waals surface area contributed by atoms with E-state index >= 15 is 0 Å². The van der Waals surface area contributed by atoms with E-state index in [1.165, 1.54) is 225 Å². The van der Waals surface area contributed by atoms with E-state index in [1.54, 1.807) is 0 Å². The van der Waals surface area contributed by atoms with Crippen molar-refractivity contribution in [2.75, 3.05) is 79.0 Å². The monoisotopic (exact) mass is 1060 g/mol. The molecule has 0 unspecified atom stereocenters. The third kappa shape index (κ3) is 59.3. The molecule has 0 saturated heterocycles. The van der Waals surface area contributed by atoms with Crippen molar-refractivity contribution in [3.63, 3.8) is 0 Å². The first kappa shape index (κ1) is 72.1. The van der Waals surface area contributed by atoms with Crippen LogP contribution in [0.25, 0.3) is 0 Å². The molecule has 0 fully saturated rings. The average Bonchev–Trinajstić information content (AvgIpc) is 3.39. The maximum atomic E-state index is 12.3. The molecule has 0 aliphatic heterocycles. The second-order valence-corrected chi connectivity index (χ2v) is 22.3. The second-order valence-electron chi connectivity index (χ2n) is 21.9. The molecule has 0 N–H and O–H groups in total. The summed E-state index contributed by atoms with van der Waals surface area (Å²) in [5, 5.41) is 0. The van der Waals surface area contributed by atoms with Crippen LogP contribution in [0.4, 0.5) is 0 Å². The Morgan fingerprint density at radius 3 is 1.05 bits per heavy atom. The molecule has 8 heteroatoms. The molecule has 0 amide bonds. The summed E-state index contributed by atoms with van der Waals surface area (Å²) in [6.07, 6.45) is 69.6. The fourth-order valence-electron chi connectivity index (χ4n) is 9.58. The Balaban J connectivity index is 3.91. The molecule has 0 saturated carbocycles. The summed E-state index contributed by atoms with van der Waals surface area (Å²) in [4.78, 5) is 31.8. The molecule has 74 heavy (non-hydrogen) atoms. The van der Waals surface area contributed by atoms with Crippen LogP contribution in [-0.2, 0) is 19.1 Å². The van der Waals surface area contributed by atoms with Crippen LogP contribution in [0, 0.1) is 0 Å². The van der Waals surface area contributed by atoms with Crippen molar-refractivity contribution in [3.8, 4) is 0 Å². The first-order valence-corrected chi connectivity index (χ1v) is 32.5. The number of ether oxygens (including phenoxy) is 2. The van der Waals surface area contributed by atoms with Crippen LogP contribution in [0.15, 0.2) is 48.6 Å². The zero-order valence-electron chi connectivity index (χ0n) is 49.7. The van der Waals surface area contributed by atoms with Gasteiger partial charge in [0.2, 0.25) is 0 Å². The summed E-state index contributed by atoms with van der Waals surface area (Å²) in [5.41, 5.74) is 0. The molecule has 0 aromatic carbocycles. The Morgan fingerprint density at radius 2 is 0.662 bits per heavy atom. The van der Waals surface area contributed by atoms with Crippen molar-refractivity contribution in [3.05, 3.63) is 48.6 Å². The Bertz CT molecular complexity index is 1270. The molecule has 0 radical (unpaired) electrons. The van der Waals surface area contributed by atoms with Gasteiger partial charge in [-0.2, -0.15) is 0 Å². The zero-order valence-corrected chi connectivity index (χ0v) is 50.5. The maximum absolute atomic E-state index is 12.3. The first-order chi connectivity index (χ1) is 36.4. The number of nitrogens with zero attached hydrogens (tertiary/aromatic N) is 3. The van der Waals surface area contributed by atoms with Crippen LogP contribution >= 0.6 is 11.6 Å². The highest BCUT2D eigenvalue weighted by Crippen LogP contribution is 2.15. The summed E-state index contributed by atoms with van der Waals surface area (Å²) >= 11 is 6.15. The number of halogens is 1. The number of unbranched alkanes of at least 4 members (excludes halogenated alkanes) is 31. The second kappa shape index (κ2) is 61.9. The molecule has 0 aliphatic rings. The molecule has 0 spiro atoms. The lowest BCUT2D eigenvalue weighted by Crippen LogP contribution is -2.30. The molecule has 0 atom stereocenters. The number of esters is 2. The minimum absolute atomic E-state index is 0.0116. The lowest BCUT2D eigenvalue weighted by Gasteiger charge is -2.22. The van der Waals surface area contributed by atoms with Crippen LogP contribution in [0.1, 0.15) is 284 Å². The lowest BCUT2D eigenvalue weighted by molar-refractivity contribution is -0.145. The van der Waals surface area contributed by atoms with Crippen molar-refractivity contribution < 1.29 is 19.1 Å². The molecule has 0 aliphatic carbocycles. The molecule has 0 bridgehead atoms. The predicted octanol–water partition coefficient (Wildman–Crippen LogP) is 19.1. The SMILES string of the molecule is CCCCC/C=C\C/C=C\CCCCCCCCN(CCCl)CCCCCCCCCC(=O)OCCCCCCCCCCN(CCCCCCCC/C=C\C/C=C\CCCCC)CCOC(=O)CCCN(C)C. The van der Waals surface area contributed by atoms with Gasteiger partial charge in [0.05, 0.1) is 6.61 Å². The topological polar surface area (TPSA) is 62.3 Å². The molecule has 7 nitrogen and oxygen atoms in total. The van der Waals surface area contributed by atoms with E-state index in [1.807, 2.05) is 14.1 Å². The van der Waals surface area contributed by atoms with Gasteiger partial charge in [-0.15, -0.1) is 11.6 Å². The van der Waals surface area contributed by atoms with Gasteiger partial charge in [0, 0.05) is 31.8 Å². The van der Waals surface area contributed by atoms with E-state index in [2.05, 4.69) is 77.2 Å². The van der Waals surface area contributed by atoms with Gasteiger partial charge in [0.15, 0.2) is 0 Å². The Hall–Kier alpha value is -1.93. The molecular weight excluding hydrogens is 934 g/mol. The fraction of sp³-hybridized carbons (Fsp3) is 0.848. The lowest BCUT2D eigenvalue weighted by atomic mass is 10.1. The summed E-state index contributed by atoms with van der Waals surface area (Å²) < 4.78 is 11.2. The highest BCUT2D eigenvalue weighted by Gasteiger charge is 2.09. The van der Waals surface area contributed by atoms with Crippen LogP contribution in [0.3, 0.4) is 0 Å². The van der Waals surface area contributed by atoms with E-state index in [9.17, 15) is 9.59 Å². The fourth-order valence-corrected chi connectivity index (χ4v) is 9.82. The van der Waals surface area contributed by atoms with Crippen LogP contribution in [0.5, 0.6) is 0 Å². The number of hydrogen-bond donors (Lipinski definition) is 0. The molecule has 0 aromatic heterocycles. The van der Waals surface area contributed by atoms with Gasteiger partial charge in [0.25, 0.3) is 0 Å². The van der Waals surface area contributed by atoms with Gasteiger partial charge in [-0.05, 0) is 156 Å². The van der Waals surface area contributed by atoms with Gasteiger partial charge >= 0.3 is 11.9 Å². The largest absolute Gasteiger partial charge is 0.466 e. The van der Waals surface area contributed by atoms with Gasteiger partial charge in [-0.1, -0.05) is 210 Å². The van der Waals surface area contributed by atoms with Crippen molar-refractivity contribution >= 4 is 23.5 Å². The van der Waals surface area contributed by atoms with E-state index in [0.29, 0.717) is 26.1 Å². The van der Waals surface area contributed by atoms with Crippen LogP contribution in [0.2, 0.25) is 0 Å². The first-order valence-electron chi connectivity index (χ1n) is 32.0. The number of alkyl halides is 1. The Morgan fingerprint density at radius 1 is 0.338 bits per heavy atom. The molecule has 0 heterocycles. The van der Waals surface area contributed by atoms with Crippen molar-refractivity contribution in [1.82, 2.24) is 14.7 Å². The van der Waals surface area contributed by atoms with Gasteiger partial charge in [0.1, 0.15) is 6.61 Å². The highest BCUT2D eigenvalue weighted by atomic mass is 35.5. The molecule has 434 valence electrons. The van der Waals surface area contributed by atoms with E-state index < -0.39 is 0 Å². The normalized spacial score (nSPS) is 12.2. The van der Waals surface area contributed by atoms with E-state index in [-0.39, 0.29) is 11.9 Å². The Labute approximate surface area is 466 Å². The third-order valence-electron chi connectivity index (χ3n) is 14.4. The Kier molecular flexibility index (Phi) is 60.3. The predicted molar refractivity (Wildman–Crippen MR) is 326 cm³/mol. The summed E-state index contributed by atoms with van der Waals surface area (Å²) in [6.45, 7) is 12.9. The number of hydrogen-bond acceptors (Lipinski definition) is 7. The molecular formula is C66H124ClN3O4. The van der Waals surface area contributed by atoms with Gasteiger partial charge in [-0.3, -0.25) is 14.5 Å². The quantitative estimate of drug-likeness (QED) is 0.0260. The minimum Gasteiger partial charge on any atom is -0.466 e. The van der Waals surface area contributed by atoms with Crippen molar-refractivity contribution in [2.45, 2.75) is 284 Å². The average molecular weight is 1060 g/mol. The third-order valence-corrected chi connectivity index (χ3v) is 14.6.